The van der Waals surface area contributed by atoms with E-state index in [0.29, 0.717) is 41.0 Å². The van der Waals surface area contributed by atoms with Gasteiger partial charge < -0.3 is 38.6 Å². The maximum Gasteiger partial charge on any atom is 0.308 e. The van der Waals surface area contributed by atoms with Gasteiger partial charge in [-0.2, -0.15) is 0 Å². The smallest absolute Gasteiger partial charge is 0.308 e. The van der Waals surface area contributed by atoms with Gasteiger partial charge in [-0.05, 0) is 82.2 Å². The quantitative estimate of drug-likeness (QED) is 0.219. The van der Waals surface area contributed by atoms with E-state index in [4.69, 9.17) is 23.7 Å². The molecule has 4 unspecified atom stereocenters. The van der Waals surface area contributed by atoms with E-state index in [1.54, 1.807) is 0 Å². The highest BCUT2D eigenvalue weighted by Gasteiger charge is 2.66. The molecule has 1 N–H and O–H groups in total. The molecule has 51 heavy (non-hydrogen) atoms. The number of nitrogens with zero attached hydrogens (tertiary/aromatic N) is 2. The molecule has 10 atom stereocenters. The molecule has 0 radical (unpaired) electrons. The molecule has 268 valence electrons. The van der Waals surface area contributed by atoms with Crippen molar-refractivity contribution in [3.63, 3.8) is 0 Å². The number of carbonyl (C=O) groups is 3. The molecule has 11 heteroatoms. The number of benzene rings is 2. The van der Waals surface area contributed by atoms with Crippen LogP contribution in [0.4, 0.5) is 0 Å². The molecule has 2 aromatic rings. The Morgan fingerprint density at radius 3 is 1.71 bits per heavy atom. The molecule has 2 spiro atoms. The Balaban J connectivity index is 0.000000137. The highest BCUT2D eigenvalue weighted by atomic mass is 16.7. The van der Waals surface area contributed by atoms with E-state index in [1.165, 1.54) is 37.5 Å². The topological polar surface area (TPSA) is 124 Å². The van der Waals surface area contributed by atoms with Crippen LogP contribution >= 0.6 is 0 Å². The highest BCUT2D eigenvalue weighted by Crippen LogP contribution is 2.64. The van der Waals surface area contributed by atoms with Crippen molar-refractivity contribution in [2.75, 3.05) is 27.2 Å². The summed E-state index contributed by atoms with van der Waals surface area (Å²) in [6.45, 7) is 6.16. The number of aliphatic hydroxyl groups is 1. The first-order valence-electron chi connectivity index (χ1n) is 18.1. The second kappa shape index (κ2) is 11.4. The molecule has 2 fully saturated rings. The zero-order valence-electron chi connectivity index (χ0n) is 29.6. The first-order chi connectivity index (χ1) is 24.4. The molecule has 2 saturated heterocycles. The van der Waals surface area contributed by atoms with Crippen LogP contribution in [-0.4, -0.2) is 96.5 Å². The summed E-state index contributed by atoms with van der Waals surface area (Å²) in [4.78, 5) is 39.6. The van der Waals surface area contributed by atoms with Gasteiger partial charge in [-0.15, -0.1) is 0 Å². The molecule has 0 amide bonds. The average Bonchev–Trinajstić information content (AvgIpc) is 3.62. The van der Waals surface area contributed by atoms with E-state index in [9.17, 15) is 19.5 Å². The number of ether oxygens (including phenoxy) is 5. The number of aliphatic hydroxyl groups excluding tert-OH is 1. The van der Waals surface area contributed by atoms with Crippen molar-refractivity contribution in [1.82, 2.24) is 9.80 Å². The molecular weight excluding hydrogens is 660 g/mol. The first kappa shape index (κ1) is 32.7. The van der Waals surface area contributed by atoms with Gasteiger partial charge >= 0.3 is 17.9 Å². The van der Waals surface area contributed by atoms with Crippen molar-refractivity contribution >= 4 is 17.9 Å². The van der Waals surface area contributed by atoms with Gasteiger partial charge in [0.05, 0.1) is 0 Å². The molecule has 4 bridgehead atoms. The zero-order valence-corrected chi connectivity index (χ0v) is 29.6. The predicted molar refractivity (Wildman–Crippen MR) is 184 cm³/mol. The van der Waals surface area contributed by atoms with Crippen molar-refractivity contribution in [3.05, 3.63) is 70.8 Å². The van der Waals surface area contributed by atoms with Crippen LogP contribution in [0.15, 0.2) is 48.6 Å². The fraction of sp³-hybridized carbons (Fsp3) is 0.525. The number of rotatable bonds is 3. The number of carbonyl (C=O) groups excluding carboxylic acids is 3. The standard InChI is InChI=1S/C21H23NO5.C19H21NO4/c1-11(23)25-16-6-4-13-10-15-14-5-7-17(26-12(2)24)20-21(14,8-9-22(15)3)18(13)19(16)27-20;1-10(21)23-15-6-3-11-9-13-12-4-5-14(22)18-19(12,7-8-20(13)2)16(11)17(15)24-18/h4-7,14-15,17,20H,8-10H2,1-3H3;3-6,12-14,18,22H,7-9H2,1-2H3/t14?,15-,17+,20?,21+;12?,13-,14+,18?,19+/m11/s1/i1+1,2+1,3+1,11+1,12+1;1+1,2+1,10+1. The summed E-state index contributed by atoms with van der Waals surface area (Å²) in [6, 6.07) is 8.60. The lowest BCUT2D eigenvalue weighted by atomic mass is 9.53. The fourth-order valence-electron chi connectivity index (χ4n) is 11.2. The van der Waals surface area contributed by atoms with E-state index in [1.807, 2.05) is 24.3 Å². The number of piperidine rings is 2. The molecule has 11 nitrogen and oxygen atoms in total. The zero-order chi connectivity index (χ0) is 35.6. The number of hydrogen-bond acceptors (Lipinski definition) is 11. The third kappa shape index (κ3) is 4.50. The maximum absolute atomic E-state index is 11.7. The summed E-state index contributed by atoms with van der Waals surface area (Å²) < 4.78 is 29.1. The number of likely N-dealkylation sites (N-methyl/N-ethyl adjacent to an activating group) is 2. The van der Waals surface area contributed by atoms with Crippen LogP contribution in [0.25, 0.3) is 0 Å². The number of hydrogen-bond donors (Lipinski definition) is 1. The fourth-order valence-corrected chi connectivity index (χ4v) is 11.2. The maximum atomic E-state index is 11.7. The Hall–Kier alpha value is -4.19. The Kier molecular flexibility index (Phi) is 7.31. The average molecular weight is 705 g/mol. The Morgan fingerprint density at radius 2 is 1.20 bits per heavy atom. The van der Waals surface area contributed by atoms with E-state index >= 15 is 0 Å². The van der Waals surface area contributed by atoms with Gasteiger partial charge in [-0.25, -0.2) is 0 Å². The number of esters is 3. The SMILES string of the molecule is [13CH3][13C](=O)Oc1ccc2c3c1OC1[C@@H](O)C=CC4[C@@H](C2)N([13CH3])CC[C@@]341.[13CH3][13C](=O)Oc1ccc2c3c1OC1[C@@H](O[13C]([13CH3])=O)C=CC4[C@@H](C2)N([13CH3])CC[C@]314. The lowest BCUT2D eigenvalue weighted by molar-refractivity contribution is -0.152. The molecule has 0 saturated carbocycles. The Labute approximate surface area is 297 Å². The van der Waals surface area contributed by atoms with Crippen molar-refractivity contribution in [3.8, 4) is 23.0 Å². The minimum atomic E-state index is -0.631. The lowest BCUT2D eigenvalue weighted by Gasteiger charge is -2.56. The van der Waals surface area contributed by atoms with Crippen LogP contribution in [0.1, 0.15) is 55.9 Å². The van der Waals surface area contributed by atoms with Crippen molar-refractivity contribution in [2.24, 2.45) is 11.8 Å². The monoisotopic (exact) mass is 704 g/mol. The van der Waals surface area contributed by atoms with Gasteiger partial charge in [0.15, 0.2) is 29.1 Å². The van der Waals surface area contributed by atoms with E-state index in [0.717, 1.165) is 44.3 Å². The van der Waals surface area contributed by atoms with Gasteiger partial charge in [-0.3, -0.25) is 14.4 Å². The van der Waals surface area contributed by atoms with Crippen molar-refractivity contribution < 1.29 is 43.2 Å². The molecule has 2 aromatic carbocycles. The molecule has 10 rings (SSSR count). The molecule has 4 aliphatic heterocycles. The second-order valence-electron chi connectivity index (χ2n) is 15.6. The first-order valence-corrected chi connectivity index (χ1v) is 18.1. The van der Waals surface area contributed by atoms with Gasteiger partial charge in [0.25, 0.3) is 0 Å². The van der Waals surface area contributed by atoms with Crippen molar-refractivity contribution in [2.45, 2.75) is 93.8 Å². The normalized spacial score (nSPS) is 36.7. The lowest BCUT2D eigenvalue weighted by Crippen LogP contribution is -2.65. The minimum Gasteiger partial charge on any atom is -0.482 e. The Bertz CT molecular complexity index is 1920. The van der Waals surface area contributed by atoms with Gasteiger partial charge in [-0.1, -0.05) is 30.4 Å². The molecule has 8 aliphatic rings. The summed E-state index contributed by atoms with van der Waals surface area (Å²) >= 11 is 0. The summed E-state index contributed by atoms with van der Waals surface area (Å²) in [5.74, 6) is 1.83. The largest absolute Gasteiger partial charge is 0.482 e. The van der Waals surface area contributed by atoms with Crippen LogP contribution in [0, 0.1) is 11.8 Å². The third-order valence-electron chi connectivity index (χ3n) is 13.1. The van der Waals surface area contributed by atoms with Gasteiger partial charge in [0.1, 0.15) is 18.3 Å². The molecule has 0 aromatic heterocycles. The minimum absolute atomic E-state index is 0.204. The van der Waals surface area contributed by atoms with Gasteiger partial charge in [0.2, 0.25) is 0 Å². The summed E-state index contributed by atoms with van der Waals surface area (Å²) in [6.07, 6.45) is 10.3. The van der Waals surface area contributed by atoms with E-state index < -0.39 is 12.2 Å². The van der Waals surface area contributed by atoms with Crippen LogP contribution in [-0.2, 0) is 42.8 Å². The van der Waals surface area contributed by atoms with Gasteiger partial charge in [0, 0.05) is 66.6 Å². The number of likely N-dealkylation sites (tertiary alicyclic amines) is 2. The van der Waals surface area contributed by atoms with Crippen LogP contribution in [0.2, 0.25) is 0 Å². The van der Waals surface area contributed by atoms with E-state index in [-0.39, 0.29) is 46.9 Å². The van der Waals surface area contributed by atoms with Crippen molar-refractivity contribution in [1.29, 1.82) is 0 Å². The summed E-state index contributed by atoms with van der Waals surface area (Å²) in [5.41, 5.74) is 4.38. The van der Waals surface area contributed by atoms with Crippen LogP contribution in [0.3, 0.4) is 0 Å². The highest BCUT2D eigenvalue weighted by molar-refractivity contribution is 5.74. The van der Waals surface area contributed by atoms with Crippen LogP contribution < -0.4 is 18.9 Å². The summed E-state index contributed by atoms with van der Waals surface area (Å²) in [5, 5.41) is 10.6. The van der Waals surface area contributed by atoms with Crippen LogP contribution in [0.5, 0.6) is 23.0 Å². The Morgan fingerprint density at radius 1 is 0.706 bits per heavy atom. The molecule has 4 aliphatic carbocycles. The second-order valence-corrected chi connectivity index (χ2v) is 15.6. The third-order valence-corrected chi connectivity index (χ3v) is 13.1. The molecular formula is C40H44N2O9. The predicted octanol–water partition coefficient (Wildman–Crippen LogP) is 3.41. The van der Waals surface area contributed by atoms with E-state index in [2.05, 4.69) is 48.2 Å². The summed E-state index contributed by atoms with van der Waals surface area (Å²) in [7, 11) is 4.35. The molecule has 4 heterocycles.